The van der Waals surface area contributed by atoms with Crippen LogP contribution in [0.2, 0.25) is 5.02 Å². The Labute approximate surface area is 155 Å². The molecular weight excluding hydrogens is 358 g/mol. The molecule has 134 valence electrons. The molecule has 3 rings (SSSR count). The molecule has 0 unspecified atom stereocenters. The SMILES string of the molecule is COC(=O)c1ccc(OC(=O)[C@H]2CC(=O)N(c3ccccc3Cl)C2)cc1. The summed E-state index contributed by atoms with van der Waals surface area (Å²) in [7, 11) is 1.29. The number of amides is 1. The second-order valence-electron chi connectivity index (χ2n) is 5.79. The number of esters is 2. The third kappa shape index (κ3) is 3.70. The van der Waals surface area contributed by atoms with Gasteiger partial charge >= 0.3 is 11.9 Å². The Bertz CT molecular complexity index is 849. The normalized spacial score (nSPS) is 16.5. The summed E-state index contributed by atoms with van der Waals surface area (Å²) in [6.45, 7) is 0.210. The fraction of sp³-hybridized carbons (Fsp3) is 0.211. The van der Waals surface area contributed by atoms with Crippen LogP contribution in [0, 0.1) is 5.92 Å². The second-order valence-corrected chi connectivity index (χ2v) is 6.20. The lowest BCUT2D eigenvalue weighted by molar-refractivity contribution is -0.139. The largest absolute Gasteiger partial charge is 0.465 e. The van der Waals surface area contributed by atoms with Crippen molar-refractivity contribution in [3.63, 3.8) is 0 Å². The average molecular weight is 374 g/mol. The number of nitrogens with zero attached hydrogens (tertiary/aromatic N) is 1. The first kappa shape index (κ1) is 17.9. The van der Waals surface area contributed by atoms with Gasteiger partial charge in [0, 0.05) is 13.0 Å². The number of para-hydroxylation sites is 1. The van der Waals surface area contributed by atoms with Crippen LogP contribution >= 0.6 is 11.6 Å². The molecule has 1 saturated heterocycles. The van der Waals surface area contributed by atoms with Crippen LogP contribution in [0.1, 0.15) is 16.8 Å². The number of rotatable bonds is 4. The van der Waals surface area contributed by atoms with Crippen molar-refractivity contribution in [2.24, 2.45) is 5.92 Å². The van der Waals surface area contributed by atoms with Gasteiger partial charge in [0.25, 0.3) is 0 Å². The van der Waals surface area contributed by atoms with Crippen LogP contribution in [-0.4, -0.2) is 31.5 Å². The lowest BCUT2D eigenvalue weighted by atomic mass is 10.1. The van der Waals surface area contributed by atoms with Crippen LogP contribution in [-0.2, 0) is 14.3 Å². The van der Waals surface area contributed by atoms with E-state index < -0.39 is 17.9 Å². The van der Waals surface area contributed by atoms with Crippen LogP contribution in [0.4, 0.5) is 5.69 Å². The summed E-state index contributed by atoms with van der Waals surface area (Å²) in [5.41, 5.74) is 0.935. The number of anilines is 1. The molecule has 1 fully saturated rings. The van der Waals surface area contributed by atoms with Crippen LogP contribution in [0.3, 0.4) is 0 Å². The first-order valence-corrected chi connectivity index (χ1v) is 8.32. The van der Waals surface area contributed by atoms with E-state index in [4.69, 9.17) is 16.3 Å². The zero-order valence-electron chi connectivity index (χ0n) is 14.0. The summed E-state index contributed by atoms with van der Waals surface area (Å²) >= 11 is 6.13. The Morgan fingerprint density at radius 2 is 1.81 bits per heavy atom. The van der Waals surface area contributed by atoms with Gasteiger partial charge in [0.1, 0.15) is 5.75 Å². The van der Waals surface area contributed by atoms with Crippen LogP contribution in [0.5, 0.6) is 5.75 Å². The van der Waals surface area contributed by atoms with Crippen molar-refractivity contribution < 1.29 is 23.9 Å². The Balaban J connectivity index is 1.67. The van der Waals surface area contributed by atoms with E-state index in [1.54, 1.807) is 24.3 Å². The number of halogens is 1. The minimum Gasteiger partial charge on any atom is -0.465 e. The molecule has 26 heavy (non-hydrogen) atoms. The maximum absolute atomic E-state index is 12.4. The quantitative estimate of drug-likeness (QED) is 0.608. The molecule has 0 N–H and O–H groups in total. The number of carbonyl (C=O) groups is 3. The summed E-state index contributed by atoms with van der Waals surface area (Å²) < 4.78 is 9.94. The molecule has 0 bridgehead atoms. The first-order chi connectivity index (χ1) is 12.5. The van der Waals surface area contributed by atoms with Crippen molar-refractivity contribution in [3.8, 4) is 5.75 Å². The smallest absolute Gasteiger partial charge is 0.337 e. The van der Waals surface area contributed by atoms with Gasteiger partial charge in [0.15, 0.2) is 0 Å². The standard InChI is InChI=1S/C19H16ClNO5/c1-25-18(23)12-6-8-14(9-7-12)26-19(24)13-10-17(22)21(11-13)16-5-3-2-4-15(16)20/h2-9,13H,10-11H2,1H3/t13-/m0/s1. The highest BCUT2D eigenvalue weighted by Crippen LogP contribution is 2.31. The molecule has 1 amide bonds. The van der Waals surface area contributed by atoms with E-state index in [9.17, 15) is 14.4 Å². The molecule has 1 aliphatic rings. The van der Waals surface area contributed by atoms with Gasteiger partial charge in [-0.05, 0) is 36.4 Å². The molecule has 1 atom stereocenters. The molecule has 2 aromatic rings. The summed E-state index contributed by atoms with van der Waals surface area (Å²) in [6.07, 6.45) is 0.0598. The molecular formula is C19H16ClNO5. The van der Waals surface area contributed by atoms with E-state index in [1.807, 2.05) is 0 Å². The lowest BCUT2D eigenvalue weighted by Crippen LogP contribution is -2.27. The molecule has 2 aromatic carbocycles. The minimum absolute atomic E-state index is 0.0598. The van der Waals surface area contributed by atoms with Crippen molar-refractivity contribution in [1.29, 1.82) is 0 Å². The lowest BCUT2D eigenvalue weighted by Gasteiger charge is -2.17. The second kappa shape index (κ2) is 7.58. The third-order valence-electron chi connectivity index (χ3n) is 4.10. The third-order valence-corrected chi connectivity index (χ3v) is 4.42. The molecule has 0 saturated carbocycles. The zero-order chi connectivity index (χ0) is 18.7. The fourth-order valence-electron chi connectivity index (χ4n) is 2.75. The van der Waals surface area contributed by atoms with Crippen molar-refractivity contribution in [2.75, 3.05) is 18.6 Å². The van der Waals surface area contributed by atoms with Gasteiger partial charge in [-0.1, -0.05) is 23.7 Å². The number of hydrogen-bond donors (Lipinski definition) is 0. The molecule has 1 heterocycles. The number of ether oxygens (including phenoxy) is 2. The van der Waals surface area contributed by atoms with Gasteiger partial charge in [-0.2, -0.15) is 0 Å². The summed E-state index contributed by atoms with van der Waals surface area (Å²) in [5.74, 6) is -1.44. The monoisotopic (exact) mass is 373 g/mol. The van der Waals surface area contributed by atoms with Crippen molar-refractivity contribution in [1.82, 2.24) is 0 Å². The highest BCUT2D eigenvalue weighted by Gasteiger charge is 2.37. The number of carbonyl (C=O) groups excluding carboxylic acids is 3. The molecule has 1 aliphatic heterocycles. The number of methoxy groups -OCH3 is 1. The maximum atomic E-state index is 12.4. The van der Waals surface area contributed by atoms with Crippen LogP contribution < -0.4 is 9.64 Å². The Hall–Kier alpha value is -2.86. The summed E-state index contributed by atoms with van der Waals surface area (Å²) in [6, 6.07) is 13.0. The van der Waals surface area contributed by atoms with E-state index >= 15 is 0 Å². The van der Waals surface area contributed by atoms with Gasteiger partial charge in [-0.3, -0.25) is 9.59 Å². The minimum atomic E-state index is -0.584. The van der Waals surface area contributed by atoms with Gasteiger partial charge in [0.2, 0.25) is 5.91 Å². The highest BCUT2D eigenvalue weighted by atomic mass is 35.5. The Kier molecular flexibility index (Phi) is 5.23. The van der Waals surface area contributed by atoms with E-state index in [-0.39, 0.29) is 18.9 Å². The fourth-order valence-corrected chi connectivity index (χ4v) is 2.98. The average Bonchev–Trinajstić information content (AvgIpc) is 3.04. The predicted molar refractivity (Wildman–Crippen MR) is 95.3 cm³/mol. The molecule has 6 nitrogen and oxygen atoms in total. The van der Waals surface area contributed by atoms with Crippen LogP contribution in [0.15, 0.2) is 48.5 Å². The van der Waals surface area contributed by atoms with Crippen molar-refractivity contribution in [2.45, 2.75) is 6.42 Å². The van der Waals surface area contributed by atoms with E-state index in [0.29, 0.717) is 22.0 Å². The number of benzene rings is 2. The van der Waals surface area contributed by atoms with Gasteiger partial charge in [0.05, 0.1) is 29.3 Å². The molecule has 7 heteroatoms. The van der Waals surface area contributed by atoms with Crippen LogP contribution in [0.25, 0.3) is 0 Å². The van der Waals surface area contributed by atoms with Gasteiger partial charge in [-0.25, -0.2) is 4.79 Å². The molecule has 0 aliphatic carbocycles. The topological polar surface area (TPSA) is 72.9 Å². The first-order valence-electron chi connectivity index (χ1n) is 7.94. The van der Waals surface area contributed by atoms with Crippen molar-refractivity contribution in [3.05, 3.63) is 59.1 Å². The Morgan fingerprint density at radius 3 is 2.46 bits per heavy atom. The van der Waals surface area contributed by atoms with E-state index in [0.717, 1.165) is 0 Å². The molecule has 0 radical (unpaired) electrons. The maximum Gasteiger partial charge on any atom is 0.337 e. The Morgan fingerprint density at radius 1 is 1.12 bits per heavy atom. The zero-order valence-corrected chi connectivity index (χ0v) is 14.7. The van der Waals surface area contributed by atoms with Gasteiger partial charge in [-0.15, -0.1) is 0 Å². The summed E-state index contributed by atoms with van der Waals surface area (Å²) in [5, 5.41) is 0.452. The van der Waals surface area contributed by atoms with Crippen molar-refractivity contribution >= 4 is 35.1 Å². The molecule has 0 aromatic heterocycles. The van der Waals surface area contributed by atoms with E-state index in [2.05, 4.69) is 4.74 Å². The van der Waals surface area contributed by atoms with E-state index in [1.165, 1.54) is 36.3 Å². The summed E-state index contributed by atoms with van der Waals surface area (Å²) in [4.78, 5) is 37.5. The van der Waals surface area contributed by atoms with Gasteiger partial charge < -0.3 is 14.4 Å². The highest BCUT2D eigenvalue weighted by molar-refractivity contribution is 6.33. The predicted octanol–water partition coefficient (Wildman–Crippen LogP) is 3.09. The number of hydrogen-bond acceptors (Lipinski definition) is 5. The molecule has 0 spiro atoms.